The number of hydrogen-bond acceptors (Lipinski definition) is 3. The molecule has 0 saturated carbocycles. The molecule has 0 atom stereocenters. The summed E-state index contributed by atoms with van der Waals surface area (Å²) >= 11 is 0. The number of nitrogens with one attached hydrogen (secondary N) is 1. The Labute approximate surface area is 192 Å². The van der Waals surface area contributed by atoms with E-state index >= 15 is 0 Å². The molecule has 0 aliphatic heterocycles. The standard InChI is InChI=1S/C27H23N5O/c33-27(29-17-22-11-7-8-12-23(22)18-31-16-15-28-20-31)25-19-32(24-13-5-2-6-14-24)30-26(25)21-9-3-1-4-10-21/h1-16,19-20H,17-18H2,(H,29,33). The fourth-order valence-electron chi connectivity index (χ4n) is 3.79. The van der Waals surface area contributed by atoms with Gasteiger partial charge in [-0.15, -0.1) is 0 Å². The van der Waals surface area contributed by atoms with Gasteiger partial charge in [0, 0.05) is 37.2 Å². The van der Waals surface area contributed by atoms with E-state index in [1.165, 1.54) is 0 Å². The van der Waals surface area contributed by atoms with Gasteiger partial charge in [0.25, 0.3) is 5.91 Å². The zero-order chi connectivity index (χ0) is 22.5. The average molecular weight is 434 g/mol. The Bertz CT molecular complexity index is 1340. The third-order valence-corrected chi connectivity index (χ3v) is 5.50. The van der Waals surface area contributed by atoms with Gasteiger partial charge >= 0.3 is 0 Å². The van der Waals surface area contributed by atoms with Crippen molar-refractivity contribution in [2.45, 2.75) is 13.1 Å². The summed E-state index contributed by atoms with van der Waals surface area (Å²) in [5.41, 5.74) is 5.20. The van der Waals surface area contributed by atoms with Gasteiger partial charge in [0.2, 0.25) is 0 Å². The molecule has 0 aliphatic carbocycles. The number of rotatable bonds is 7. The van der Waals surface area contributed by atoms with Gasteiger partial charge in [-0.05, 0) is 23.3 Å². The van der Waals surface area contributed by atoms with E-state index in [4.69, 9.17) is 5.10 Å². The van der Waals surface area contributed by atoms with Crippen molar-refractivity contribution >= 4 is 5.91 Å². The second-order valence-electron chi connectivity index (χ2n) is 7.72. The SMILES string of the molecule is O=C(NCc1ccccc1Cn1ccnc1)c1cn(-c2ccccc2)nc1-c1ccccc1. The molecule has 162 valence electrons. The summed E-state index contributed by atoms with van der Waals surface area (Å²) in [5.74, 6) is -0.159. The number of carbonyl (C=O) groups is 1. The summed E-state index contributed by atoms with van der Waals surface area (Å²) in [7, 11) is 0. The lowest BCUT2D eigenvalue weighted by Crippen LogP contribution is -2.23. The largest absolute Gasteiger partial charge is 0.348 e. The number of aromatic nitrogens is 4. The first kappa shape index (κ1) is 20.5. The molecule has 0 bridgehead atoms. The summed E-state index contributed by atoms with van der Waals surface area (Å²) in [5, 5.41) is 7.83. The Morgan fingerprint density at radius 3 is 2.27 bits per heavy atom. The maximum atomic E-state index is 13.3. The Balaban J connectivity index is 1.41. The molecule has 0 spiro atoms. The van der Waals surface area contributed by atoms with E-state index in [1.807, 2.05) is 89.6 Å². The lowest BCUT2D eigenvalue weighted by molar-refractivity contribution is 0.0951. The van der Waals surface area contributed by atoms with Crippen LogP contribution in [0.5, 0.6) is 0 Å². The van der Waals surface area contributed by atoms with Gasteiger partial charge < -0.3 is 9.88 Å². The van der Waals surface area contributed by atoms with Crippen LogP contribution in [0.2, 0.25) is 0 Å². The highest BCUT2D eigenvalue weighted by molar-refractivity contribution is 5.99. The van der Waals surface area contributed by atoms with Gasteiger partial charge in [-0.3, -0.25) is 4.79 Å². The lowest BCUT2D eigenvalue weighted by Gasteiger charge is -2.11. The number of benzene rings is 3. The van der Waals surface area contributed by atoms with Gasteiger partial charge in [-0.1, -0.05) is 72.8 Å². The third-order valence-electron chi connectivity index (χ3n) is 5.50. The number of hydrogen-bond donors (Lipinski definition) is 1. The van der Waals surface area contributed by atoms with Crippen LogP contribution in [0.15, 0.2) is 110 Å². The van der Waals surface area contributed by atoms with E-state index in [9.17, 15) is 4.79 Å². The second kappa shape index (κ2) is 9.36. The molecule has 0 saturated heterocycles. The van der Waals surface area contributed by atoms with Crippen molar-refractivity contribution in [3.8, 4) is 16.9 Å². The average Bonchev–Trinajstić information content (AvgIpc) is 3.55. The molecule has 1 N–H and O–H groups in total. The normalized spacial score (nSPS) is 10.8. The van der Waals surface area contributed by atoms with Crippen molar-refractivity contribution < 1.29 is 4.79 Å². The zero-order valence-corrected chi connectivity index (χ0v) is 18.0. The maximum absolute atomic E-state index is 13.3. The number of imidazole rings is 1. The van der Waals surface area contributed by atoms with E-state index in [2.05, 4.69) is 16.4 Å². The van der Waals surface area contributed by atoms with Gasteiger partial charge in [0.1, 0.15) is 5.69 Å². The number of nitrogens with zero attached hydrogens (tertiary/aromatic N) is 4. The molecule has 0 fully saturated rings. The highest BCUT2D eigenvalue weighted by atomic mass is 16.1. The smallest absolute Gasteiger partial charge is 0.255 e. The summed E-state index contributed by atoms with van der Waals surface area (Å²) in [6.07, 6.45) is 7.28. The first-order chi connectivity index (χ1) is 16.3. The van der Waals surface area contributed by atoms with Crippen molar-refractivity contribution in [3.05, 3.63) is 127 Å². The Kier molecular flexibility index (Phi) is 5.80. The number of para-hydroxylation sites is 1. The van der Waals surface area contributed by atoms with Crippen LogP contribution in [0.3, 0.4) is 0 Å². The highest BCUT2D eigenvalue weighted by Gasteiger charge is 2.19. The minimum Gasteiger partial charge on any atom is -0.348 e. The van der Waals surface area contributed by atoms with Crippen LogP contribution >= 0.6 is 0 Å². The molecule has 0 aliphatic rings. The molecule has 3 aromatic carbocycles. The van der Waals surface area contributed by atoms with Crippen molar-refractivity contribution in [1.82, 2.24) is 24.6 Å². The lowest BCUT2D eigenvalue weighted by atomic mass is 10.1. The monoisotopic (exact) mass is 433 g/mol. The van der Waals surface area contributed by atoms with Crippen LogP contribution in [0.4, 0.5) is 0 Å². The van der Waals surface area contributed by atoms with Crippen LogP contribution in [0, 0.1) is 0 Å². The van der Waals surface area contributed by atoms with Crippen molar-refractivity contribution in [2.24, 2.45) is 0 Å². The van der Waals surface area contributed by atoms with Crippen LogP contribution in [0.1, 0.15) is 21.5 Å². The summed E-state index contributed by atoms with van der Waals surface area (Å²) in [4.78, 5) is 17.4. The molecule has 6 nitrogen and oxygen atoms in total. The molecule has 1 amide bonds. The van der Waals surface area contributed by atoms with E-state index in [0.717, 1.165) is 22.4 Å². The predicted molar refractivity (Wildman–Crippen MR) is 128 cm³/mol. The maximum Gasteiger partial charge on any atom is 0.255 e. The fraction of sp³-hybridized carbons (Fsp3) is 0.0741. The van der Waals surface area contributed by atoms with Gasteiger partial charge in [-0.25, -0.2) is 9.67 Å². The molecule has 33 heavy (non-hydrogen) atoms. The van der Waals surface area contributed by atoms with Crippen molar-refractivity contribution in [3.63, 3.8) is 0 Å². The van der Waals surface area contributed by atoms with Crippen LogP contribution in [-0.4, -0.2) is 25.2 Å². The first-order valence-corrected chi connectivity index (χ1v) is 10.8. The Hall–Kier alpha value is -4.45. The third kappa shape index (κ3) is 4.60. The molecule has 5 rings (SSSR count). The van der Waals surface area contributed by atoms with Gasteiger partial charge in [0.05, 0.1) is 17.6 Å². The van der Waals surface area contributed by atoms with Crippen LogP contribution in [0.25, 0.3) is 16.9 Å². The number of amides is 1. The highest BCUT2D eigenvalue weighted by Crippen LogP contribution is 2.24. The molecule has 2 aromatic heterocycles. The first-order valence-electron chi connectivity index (χ1n) is 10.8. The van der Waals surface area contributed by atoms with Crippen molar-refractivity contribution in [2.75, 3.05) is 0 Å². The van der Waals surface area contributed by atoms with E-state index in [1.54, 1.807) is 23.4 Å². The van der Waals surface area contributed by atoms with E-state index in [0.29, 0.717) is 24.3 Å². The topological polar surface area (TPSA) is 64.7 Å². The summed E-state index contributed by atoms with van der Waals surface area (Å²) in [6, 6.07) is 27.7. The Morgan fingerprint density at radius 1 is 0.848 bits per heavy atom. The van der Waals surface area contributed by atoms with E-state index in [-0.39, 0.29) is 5.91 Å². The van der Waals surface area contributed by atoms with Crippen LogP contribution in [-0.2, 0) is 13.1 Å². The molecular formula is C27H23N5O. The molecule has 2 heterocycles. The molecule has 5 aromatic rings. The van der Waals surface area contributed by atoms with Crippen LogP contribution < -0.4 is 5.32 Å². The zero-order valence-electron chi connectivity index (χ0n) is 18.0. The quantitative estimate of drug-likeness (QED) is 0.404. The minimum atomic E-state index is -0.159. The van der Waals surface area contributed by atoms with Crippen molar-refractivity contribution in [1.29, 1.82) is 0 Å². The Morgan fingerprint density at radius 2 is 1.55 bits per heavy atom. The van der Waals surface area contributed by atoms with E-state index < -0.39 is 0 Å². The summed E-state index contributed by atoms with van der Waals surface area (Å²) in [6.45, 7) is 1.13. The molecular weight excluding hydrogens is 410 g/mol. The number of carbonyl (C=O) groups excluding carboxylic acids is 1. The minimum absolute atomic E-state index is 0.159. The predicted octanol–water partition coefficient (Wildman–Crippen LogP) is 4.71. The van der Waals surface area contributed by atoms with Gasteiger partial charge in [-0.2, -0.15) is 5.10 Å². The summed E-state index contributed by atoms with van der Waals surface area (Å²) < 4.78 is 3.77. The van der Waals surface area contributed by atoms with Gasteiger partial charge in [0.15, 0.2) is 0 Å². The second-order valence-corrected chi connectivity index (χ2v) is 7.72. The fourth-order valence-corrected chi connectivity index (χ4v) is 3.79. The molecule has 0 unspecified atom stereocenters. The molecule has 0 radical (unpaired) electrons. The molecule has 6 heteroatoms.